The van der Waals surface area contributed by atoms with Crippen LogP contribution in [0.5, 0.6) is 5.75 Å². The molecule has 1 amide bonds. The molecular weight excluding hydrogens is 294 g/mol. The molecule has 1 fully saturated rings. The van der Waals surface area contributed by atoms with Gasteiger partial charge in [0, 0.05) is 25.1 Å². The number of hydrogen-bond donors (Lipinski definition) is 2. The van der Waals surface area contributed by atoms with Crippen LogP contribution in [0, 0.1) is 0 Å². The number of piperidine rings is 1. The summed E-state index contributed by atoms with van der Waals surface area (Å²) in [5, 5.41) is 9.53. The van der Waals surface area contributed by atoms with Crippen LogP contribution in [-0.4, -0.2) is 44.8 Å². The van der Waals surface area contributed by atoms with Crippen LogP contribution in [0.15, 0.2) is 18.2 Å². The summed E-state index contributed by atoms with van der Waals surface area (Å²) < 4.78 is 5.42. The average Bonchev–Trinajstić information content (AvgIpc) is 2.88. The Bertz CT molecular complexity index is 709. The van der Waals surface area contributed by atoms with Gasteiger partial charge in [-0.1, -0.05) is 0 Å². The van der Waals surface area contributed by atoms with E-state index in [1.54, 1.807) is 23.1 Å². The molecule has 23 heavy (non-hydrogen) atoms. The fourth-order valence-electron chi connectivity index (χ4n) is 2.87. The van der Waals surface area contributed by atoms with Crippen molar-refractivity contribution < 1.29 is 14.6 Å². The second-order valence-electron chi connectivity index (χ2n) is 7.07. The van der Waals surface area contributed by atoms with Gasteiger partial charge in [0.25, 0.3) is 0 Å². The van der Waals surface area contributed by atoms with Gasteiger partial charge in [-0.25, -0.2) is 9.78 Å². The van der Waals surface area contributed by atoms with Gasteiger partial charge in [0.15, 0.2) is 0 Å². The Labute approximate surface area is 135 Å². The number of H-pyrrole nitrogens is 1. The minimum absolute atomic E-state index is 0.229. The molecule has 2 heterocycles. The van der Waals surface area contributed by atoms with Gasteiger partial charge in [0.1, 0.15) is 17.2 Å². The molecule has 124 valence electrons. The van der Waals surface area contributed by atoms with Gasteiger partial charge in [-0.15, -0.1) is 0 Å². The van der Waals surface area contributed by atoms with Crippen molar-refractivity contribution in [2.75, 3.05) is 13.1 Å². The zero-order valence-electron chi connectivity index (χ0n) is 13.8. The Morgan fingerprint density at radius 1 is 1.35 bits per heavy atom. The number of phenolic OH excluding ortho intramolecular Hbond substituents is 1. The molecule has 1 aliphatic heterocycles. The van der Waals surface area contributed by atoms with E-state index in [1.807, 2.05) is 20.8 Å². The highest BCUT2D eigenvalue weighted by Gasteiger charge is 2.28. The fourth-order valence-corrected chi connectivity index (χ4v) is 2.87. The topological polar surface area (TPSA) is 78.4 Å². The lowest BCUT2D eigenvalue weighted by atomic mass is 9.96. The molecular formula is C17H23N3O3. The highest BCUT2D eigenvalue weighted by Crippen LogP contribution is 2.29. The van der Waals surface area contributed by atoms with E-state index in [0.717, 1.165) is 29.7 Å². The van der Waals surface area contributed by atoms with E-state index in [2.05, 4.69) is 9.97 Å². The molecule has 0 bridgehead atoms. The van der Waals surface area contributed by atoms with Crippen LogP contribution in [0.25, 0.3) is 11.0 Å². The summed E-state index contributed by atoms with van der Waals surface area (Å²) in [6, 6.07) is 5.13. The number of benzene rings is 1. The lowest BCUT2D eigenvalue weighted by Gasteiger charge is -2.32. The molecule has 1 aliphatic rings. The van der Waals surface area contributed by atoms with Crippen LogP contribution in [0.1, 0.15) is 45.4 Å². The smallest absolute Gasteiger partial charge is 0.410 e. The van der Waals surface area contributed by atoms with Crippen molar-refractivity contribution in [2.45, 2.75) is 45.1 Å². The lowest BCUT2D eigenvalue weighted by molar-refractivity contribution is 0.0203. The van der Waals surface area contributed by atoms with Crippen LogP contribution in [0.4, 0.5) is 4.79 Å². The number of aromatic hydroxyl groups is 1. The first-order valence-corrected chi connectivity index (χ1v) is 7.98. The summed E-state index contributed by atoms with van der Waals surface area (Å²) in [6.45, 7) is 6.97. The molecule has 2 N–H and O–H groups in total. The average molecular weight is 317 g/mol. The Balaban J connectivity index is 1.65. The van der Waals surface area contributed by atoms with Gasteiger partial charge in [0.2, 0.25) is 0 Å². The summed E-state index contributed by atoms with van der Waals surface area (Å²) in [4.78, 5) is 21.7. The van der Waals surface area contributed by atoms with Crippen LogP contribution in [-0.2, 0) is 4.74 Å². The van der Waals surface area contributed by atoms with Gasteiger partial charge < -0.3 is 19.7 Å². The molecule has 0 unspecified atom stereocenters. The predicted octanol–water partition coefficient (Wildman–Crippen LogP) is 3.38. The first-order chi connectivity index (χ1) is 10.8. The van der Waals surface area contributed by atoms with Crippen molar-refractivity contribution in [3.63, 3.8) is 0 Å². The fraction of sp³-hybridized carbons (Fsp3) is 0.529. The van der Waals surface area contributed by atoms with Crippen molar-refractivity contribution in [3.05, 3.63) is 24.0 Å². The number of fused-ring (bicyclic) bond motifs is 1. The van der Waals surface area contributed by atoms with Gasteiger partial charge in [-0.05, 0) is 45.7 Å². The highest BCUT2D eigenvalue weighted by atomic mass is 16.6. The van der Waals surface area contributed by atoms with Crippen molar-refractivity contribution >= 4 is 17.1 Å². The maximum atomic E-state index is 12.1. The number of carbonyl (C=O) groups is 1. The number of imidazole rings is 1. The molecule has 0 radical (unpaired) electrons. The standard InChI is InChI=1S/C17H23N3O3/c1-17(2,3)23-16(22)20-8-6-11(7-9-20)15-18-13-5-4-12(21)10-14(13)19-15/h4-5,10-11,21H,6-9H2,1-3H3,(H,18,19). The van der Waals surface area contributed by atoms with Crippen LogP contribution in [0.3, 0.4) is 0 Å². The van der Waals surface area contributed by atoms with Gasteiger partial charge in [-0.2, -0.15) is 0 Å². The van der Waals surface area contributed by atoms with Crippen molar-refractivity contribution in [1.29, 1.82) is 0 Å². The van der Waals surface area contributed by atoms with Gasteiger partial charge >= 0.3 is 6.09 Å². The maximum Gasteiger partial charge on any atom is 0.410 e. The number of carbonyl (C=O) groups excluding carboxylic acids is 1. The number of amides is 1. The number of nitrogens with zero attached hydrogens (tertiary/aromatic N) is 2. The highest BCUT2D eigenvalue weighted by molar-refractivity contribution is 5.76. The normalized spacial score (nSPS) is 16.7. The third-order valence-corrected chi connectivity index (χ3v) is 4.02. The van der Waals surface area contributed by atoms with Crippen LogP contribution < -0.4 is 0 Å². The predicted molar refractivity (Wildman–Crippen MR) is 87.5 cm³/mol. The van der Waals surface area contributed by atoms with Crippen LogP contribution >= 0.6 is 0 Å². The monoisotopic (exact) mass is 317 g/mol. The number of hydrogen-bond acceptors (Lipinski definition) is 4. The molecule has 1 saturated heterocycles. The molecule has 3 rings (SSSR count). The quantitative estimate of drug-likeness (QED) is 0.845. The third-order valence-electron chi connectivity index (χ3n) is 4.02. The number of rotatable bonds is 1. The first kappa shape index (κ1) is 15.6. The van der Waals surface area contributed by atoms with Crippen molar-refractivity contribution in [1.82, 2.24) is 14.9 Å². The van der Waals surface area contributed by atoms with E-state index in [1.165, 1.54) is 0 Å². The van der Waals surface area contributed by atoms with Crippen LogP contribution in [0.2, 0.25) is 0 Å². The number of phenols is 1. The Hall–Kier alpha value is -2.24. The summed E-state index contributed by atoms with van der Waals surface area (Å²) >= 11 is 0. The van der Waals surface area contributed by atoms with E-state index in [9.17, 15) is 9.90 Å². The SMILES string of the molecule is CC(C)(C)OC(=O)N1CCC(c2nc3ccc(O)cc3[nH]2)CC1. The molecule has 0 saturated carbocycles. The van der Waals surface area contributed by atoms with Gasteiger partial charge in [-0.3, -0.25) is 0 Å². The minimum atomic E-state index is -0.464. The van der Waals surface area contributed by atoms with E-state index < -0.39 is 5.60 Å². The van der Waals surface area contributed by atoms with E-state index >= 15 is 0 Å². The zero-order valence-corrected chi connectivity index (χ0v) is 13.8. The molecule has 0 aliphatic carbocycles. The van der Waals surface area contributed by atoms with Gasteiger partial charge in [0.05, 0.1) is 11.0 Å². The summed E-state index contributed by atoms with van der Waals surface area (Å²) in [7, 11) is 0. The molecule has 1 aromatic carbocycles. The number of aromatic amines is 1. The number of aromatic nitrogens is 2. The number of ether oxygens (including phenoxy) is 1. The van der Waals surface area contributed by atoms with E-state index in [-0.39, 0.29) is 11.8 Å². The summed E-state index contributed by atoms with van der Waals surface area (Å²) in [6.07, 6.45) is 1.46. The molecule has 0 spiro atoms. The summed E-state index contributed by atoms with van der Waals surface area (Å²) in [5.41, 5.74) is 1.23. The molecule has 1 aromatic heterocycles. The minimum Gasteiger partial charge on any atom is -0.508 e. The molecule has 0 atom stereocenters. The van der Waals surface area contributed by atoms with E-state index in [0.29, 0.717) is 19.0 Å². The molecule has 6 nitrogen and oxygen atoms in total. The molecule has 2 aromatic rings. The number of likely N-dealkylation sites (tertiary alicyclic amines) is 1. The second kappa shape index (κ2) is 5.76. The maximum absolute atomic E-state index is 12.1. The summed E-state index contributed by atoms with van der Waals surface area (Å²) in [5.74, 6) is 1.45. The Morgan fingerprint density at radius 2 is 2.04 bits per heavy atom. The number of nitrogens with one attached hydrogen (secondary N) is 1. The van der Waals surface area contributed by atoms with Crippen molar-refractivity contribution in [3.8, 4) is 5.75 Å². The Kier molecular flexibility index (Phi) is 3.92. The van der Waals surface area contributed by atoms with E-state index in [4.69, 9.17) is 4.74 Å². The largest absolute Gasteiger partial charge is 0.508 e. The lowest BCUT2D eigenvalue weighted by Crippen LogP contribution is -2.41. The second-order valence-corrected chi connectivity index (χ2v) is 7.07. The zero-order chi connectivity index (χ0) is 16.6. The third kappa shape index (κ3) is 3.57. The Morgan fingerprint density at radius 3 is 2.70 bits per heavy atom. The molecule has 6 heteroatoms. The van der Waals surface area contributed by atoms with Crippen molar-refractivity contribution in [2.24, 2.45) is 0 Å². The first-order valence-electron chi connectivity index (χ1n) is 7.98.